The van der Waals surface area contributed by atoms with Gasteiger partial charge in [0.1, 0.15) is 23.4 Å². The molecule has 2 amide bonds. The van der Waals surface area contributed by atoms with Crippen molar-refractivity contribution < 1.29 is 19.2 Å². The average Bonchev–Trinajstić information content (AvgIpc) is 3.22. The lowest BCUT2D eigenvalue weighted by Gasteiger charge is -2.24. The number of rotatable bonds is 47. The number of ketones is 2. The molecule has 0 saturated heterocycles. The molecule has 342 valence electrons. The van der Waals surface area contributed by atoms with E-state index in [9.17, 15) is 19.2 Å². The minimum Gasteiger partial charge on any atom is -0.355 e. The zero-order valence-corrected chi connectivity index (χ0v) is 38.2. The van der Waals surface area contributed by atoms with E-state index in [0.29, 0.717) is 65.0 Å². The molecule has 0 heterocycles. The van der Waals surface area contributed by atoms with Gasteiger partial charge in [-0.2, -0.15) is 0 Å². The SMILES string of the molecule is CCCCCCCCCCCCCCCC(=O)[C@H](C(=O)NCCCNCCCN)[C@H](C(=O)CCCCCCCCCCCCCCC)C(=O)NCCCNCCCN. The molecule has 0 aromatic heterocycles. The Labute approximate surface area is 357 Å². The van der Waals surface area contributed by atoms with E-state index in [0.717, 1.165) is 64.5 Å². The molecule has 0 fully saturated rings. The highest BCUT2D eigenvalue weighted by atomic mass is 16.2. The van der Waals surface area contributed by atoms with Crippen LogP contribution >= 0.6 is 0 Å². The maximum absolute atomic E-state index is 14.0. The van der Waals surface area contributed by atoms with Crippen molar-refractivity contribution in [3.63, 3.8) is 0 Å². The normalized spacial score (nSPS) is 12.4. The fourth-order valence-electron chi connectivity index (χ4n) is 7.69. The van der Waals surface area contributed by atoms with Crippen molar-refractivity contribution in [3.8, 4) is 0 Å². The Morgan fingerprint density at radius 2 is 0.603 bits per heavy atom. The van der Waals surface area contributed by atoms with Gasteiger partial charge in [0.15, 0.2) is 0 Å². The Bertz CT molecular complexity index is 877. The van der Waals surface area contributed by atoms with Gasteiger partial charge in [-0.15, -0.1) is 0 Å². The summed E-state index contributed by atoms with van der Waals surface area (Å²) in [7, 11) is 0. The largest absolute Gasteiger partial charge is 0.355 e. The van der Waals surface area contributed by atoms with Gasteiger partial charge in [0.25, 0.3) is 0 Å². The Morgan fingerprint density at radius 1 is 0.345 bits per heavy atom. The topological polar surface area (TPSA) is 168 Å². The van der Waals surface area contributed by atoms with Crippen molar-refractivity contribution in [3.05, 3.63) is 0 Å². The molecule has 0 aliphatic rings. The molecular weight excluding hydrogens is 725 g/mol. The zero-order valence-electron chi connectivity index (χ0n) is 38.2. The first-order valence-electron chi connectivity index (χ1n) is 24.9. The molecule has 0 radical (unpaired) electrons. The average molecular weight is 821 g/mol. The van der Waals surface area contributed by atoms with Gasteiger partial charge in [0, 0.05) is 25.9 Å². The lowest BCUT2D eigenvalue weighted by Crippen LogP contribution is -2.49. The van der Waals surface area contributed by atoms with Crippen molar-refractivity contribution in [2.45, 2.75) is 219 Å². The predicted molar refractivity (Wildman–Crippen MR) is 246 cm³/mol. The van der Waals surface area contributed by atoms with E-state index >= 15 is 0 Å². The Morgan fingerprint density at radius 3 is 0.879 bits per heavy atom. The summed E-state index contributed by atoms with van der Waals surface area (Å²) in [5.41, 5.74) is 11.2. The lowest BCUT2D eigenvalue weighted by molar-refractivity contribution is -0.148. The monoisotopic (exact) mass is 821 g/mol. The Hall–Kier alpha value is -1.88. The van der Waals surface area contributed by atoms with Gasteiger partial charge in [-0.3, -0.25) is 19.2 Å². The molecule has 0 bridgehead atoms. The zero-order chi connectivity index (χ0) is 42.6. The second kappa shape index (κ2) is 44.7. The molecule has 10 nitrogen and oxygen atoms in total. The van der Waals surface area contributed by atoms with Crippen LogP contribution in [0.2, 0.25) is 0 Å². The molecule has 8 N–H and O–H groups in total. The van der Waals surface area contributed by atoms with Crippen LogP contribution in [-0.4, -0.2) is 75.7 Å². The second-order valence-electron chi connectivity index (χ2n) is 16.9. The summed E-state index contributed by atoms with van der Waals surface area (Å²) in [6, 6.07) is 0. The molecule has 0 saturated carbocycles. The summed E-state index contributed by atoms with van der Waals surface area (Å²) in [6.45, 7) is 9.52. The maximum Gasteiger partial charge on any atom is 0.231 e. The third-order valence-electron chi connectivity index (χ3n) is 11.4. The van der Waals surface area contributed by atoms with Crippen molar-refractivity contribution in [1.29, 1.82) is 0 Å². The molecule has 0 rings (SSSR count). The fraction of sp³-hybridized carbons (Fsp3) is 0.917. The van der Waals surface area contributed by atoms with Crippen LogP contribution in [0.25, 0.3) is 0 Å². The molecule has 58 heavy (non-hydrogen) atoms. The van der Waals surface area contributed by atoms with E-state index in [1.165, 1.54) is 116 Å². The van der Waals surface area contributed by atoms with Gasteiger partial charge in [0.2, 0.25) is 11.8 Å². The van der Waals surface area contributed by atoms with Crippen LogP contribution in [0, 0.1) is 11.8 Å². The summed E-state index contributed by atoms with van der Waals surface area (Å²) in [4.78, 5) is 55.6. The van der Waals surface area contributed by atoms with Crippen LogP contribution in [0.1, 0.15) is 219 Å². The van der Waals surface area contributed by atoms with Gasteiger partial charge in [-0.1, -0.05) is 168 Å². The summed E-state index contributed by atoms with van der Waals surface area (Å²) in [5, 5.41) is 12.5. The van der Waals surface area contributed by atoms with Crippen LogP contribution in [0.5, 0.6) is 0 Å². The summed E-state index contributed by atoms with van der Waals surface area (Å²) in [6.07, 6.45) is 34.7. The van der Waals surface area contributed by atoms with Gasteiger partial charge in [0.05, 0.1) is 0 Å². The van der Waals surface area contributed by atoms with Gasteiger partial charge < -0.3 is 32.7 Å². The van der Waals surface area contributed by atoms with Gasteiger partial charge in [-0.05, 0) is 77.8 Å². The molecule has 2 atom stereocenters. The van der Waals surface area contributed by atoms with E-state index in [2.05, 4.69) is 35.1 Å². The first-order chi connectivity index (χ1) is 28.4. The number of carbonyl (C=O) groups excluding carboxylic acids is 4. The van der Waals surface area contributed by atoms with Crippen LogP contribution in [0.15, 0.2) is 0 Å². The molecular formula is C48H96N6O4. The molecule has 0 aliphatic heterocycles. The molecule has 0 aromatic carbocycles. The standard InChI is InChI=1S/C48H96N6O4/c1-3-5-7-9-11-13-15-17-19-21-23-25-27-33-43(55)45(47(57)53-41-31-39-51-37-29-35-49)46(48(58)54-42-32-40-52-38-30-36-50)44(56)34-28-26-24-22-20-18-16-14-12-10-8-6-4-2/h45-46,51-52H,3-42,49-50H2,1-2H3,(H,53,57)(H,54,58)/t45-,46-/m0/s1. The highest BCUT2D eigenvalue weighted by Crippen LogP contribution is 2.23. The van der Waals surface area contributed by atoms with Crippen LogP contribution in [-0.2, 0) is 19.2 Å². The van der Waals surface area contributed by atoms with E-state index in [1.54, 1.807) is 0 Å². The number of hydrogen-bond acceptors (Lipinski definition) is 8. The quantitative estimate of drug-likeness (QED) is 0.0261. The number of hydrogen-bond donors (Lipinski definition) is 6. The summed E-state index contributed by atoms with van der Waals surface area (Å²) < 4.78 is 0. The molecule has 0 unspecified atom stereocenters. The summed E-state index contributed by atoms with van der Waals surface area (Å²) >= 11 is 0. The first kappa shape index (κ1) is 56.1. The number of unbranched alkanes of at least 4 members (excludes halogenated alkanes) is 24. The van der Waals surface area contributed by atoms with Crippen LogP contribution in [0.4, 0.5) is 0 Å². The highest BCUT2D eigenvalue weighted by Gasteiger charge is 2.42. The second-order valence-corrected chi connectivity index (χ2v) is 16.9. The van der Waals surface area contributed by atoms with Gasteiger partial charge in [-0.25, -0.2) is 0 Å². The van der Waals surface area contributed by atoms with Crippen molar-refractivity contribution >= 4 is 23.4 Å². The maximum atomic E-state index is 14.0. The summed E-state index contributed by atoms with van der Waals surface area (Å²) in [5.74, 6) is -4.18. The van der Waals surface area contributed by atoms with E-state index in [-0.39, 0.29) is 24.4 Å². The number of amides is 2. The third-order valence-corrected chi connectivity index (χ3v) is 11.4. The van der Waals surface area contributed by atoms with Crippen molar-refractivity contribution in [1.82, 2.24) is 21.3 Å². The number of Topliss-reactive ketones (excluding diaryl/α,β-unsaturated/α-hetero) is 2. The van der Waals surface area contributed by atoms with E-state index in [4.69, 9.17) is 11.5 Å². The number of nitrogens with one attached hydrogen (secondary N) is 4. The van der Waals surface area contributed by atoms with E-state index < -0.39 is 23.7 Å². The number of nitrogens with two attached hydrogens (primary N) is 2. The predicted octanol–water partition coefficient (Wildman–Crippen LogP) is 9.21. The number of carbonyl (C=O) groups is 4. The smallest absolute Gasteiger partial charge is 0.231 e. The first-order valence-corrected chi connectivity index (χ1v) is 24.9. The Kier molecular flexibility index (Phi) is 43.2. The Balaban J connectivity index is 5.33. The molecule has 0 aromatic rings. The minimum atomic E-state index is -1.31. The fourth-order valence-corrected chi connectivity index (χ4v) is 7.69. The van der Waals surface area contributed by atoms with Crippen molar-refractivity contribution in [2.75, 3.05) is 52.4 Å². The minimum absolute atomic E-state index is 0.206. The molecule has 0 spiro atoms. The third kappa shape index (κ3) is 34.9. The highest BCUT2D eigenvalue weighted by molar-refractivity contribution is 6.13. The lowest BCUT2D eigenvalue weighted by atomic mass is 9.80. The molecule has 0 aliphatic carbocycles. The van der Waals surface area contributed by atoms with E-state index in [1.807, 2.05) is 0 Å². The van der Waals surface area contributed by atoms with Crippen molar-refractivity contribution in [2.24, 2.45) is 23.3 Å². The van der Waals surface area contributed by atoms with Gasteiger partial charge >= 0.3 is 0 Å². The van der Waals surface area contributed by atoms with Crippen LogP contribution in [0.3, 0.4) is 0 Å². The molecule has 10 heteroatoms. The van der Waals surface area contributed by atoms with Crippen LogP contribution < -0.4 is 32.7 Å².